The van der Waals surface area contributed by atoms with E-state index in [0.29, 0.717) is 6.61 Å². The van der Waals surface area contributed by atoms with Gasteiger partial charge in [0.1, 0.15) is 5.75 Å². The van der Waals surface area contributed by atoms with Crippen LogP contribution in [-0.4, -0.2) is 13.2 Å². The first-order chi connectivity index (χ1) is 9.12. The SMILES string of the molecule is CCOc1c(Br)cc(Br)cc1CNCC(CC)CC. The van der Waals surface area contributed by atoms with Gasteiger partial charge in [-0.15, -0.1) is 0 Å². The van der Waals surface area contributed by atoms with E-state index in [0.717, 1.165) is 33.7 Å². The Morgan fingerprint density at radius 2 is 1.84 bits per heavy atom. The van der Waals surface area contributed by atoms with Crippen LogP contribution in [0.15, 0.2) is 21.1 Å². The molecule has 0 heterocycles. The van der Waals surface area contributed by atoms with E-state index < -0.39 is 0 Å². The molecule has 4 heteroatoms. The lowest BCUT2D eigenvalue weighted by molar-refractivity contribution is 0.332. The van der Waals surface area contributed by atoms with Crippen molar-refractivity contribution in [2.75, 3.05) is 13.2 Å². The average molecular weight is 393 g/mol. The molecule has 2 nitrogen and oxygen atoms in total. The number of ether oxygens (including phenoxy) is 1. The van der Waals surface area contributed by atoms with Crippen LogP contribution in [0.5, 0.6) is 5.75 Å². The summed E-state index contributed by atoms with van der Waals surface area (Å²) in [5, 5.41) is 3.54. The number of nitrogens with one attached hydrogen (secondary N) is 1. The summed E-state index contributed by atoms with van der Waals surface area (Å²) in [5.41, 5.74) is 1.19. The molecule has 1 N–H and O–H groups in total. The normalized spacial score (nSPS) is 11.1. The van der Waals surface area contributed by atoms with Gasteiger partial charge in [-0.3, -0.25) is 0 Å². The van der Waals surface area contributed by atoms with E-state index in [2.05, 4.69) is 57.1 Å². The Morgan fingerprint density at radius 3 is 2.42 bits per heavy atom. The molecule has 0 bridgehead atoms. The molecule has 0 unspecified atom stereocenters. The van der Waals surface area contributed by atoms with Crippen molar-refractivity contribution < 1.29 is 4.74 Å². The molecule has 0 saturated heterocycles. The van der Waals surface area contributed by atoms with Gasteiger partial charge in [-0.2, -0.15) is 0 Å². The highest BCUT2D eigenvalue weighted by molar-refractivity contribution is 9.11. The highest BCUT2D eigenvalue weighted by Gasteiger charge is 2.10. The zero-order chi connectivity index (χ0) is 14.3. The summed E-state index contributed by atoms with van der Waals surface area (Å²) < 4.78 is 7.80. The summed E-state index contributed by atoms with van der Waals surface area (Å²) in [5.74, 6) is 1.70. The van der Waals surface area contributed by atoms with E-state index in [1.165, 1.54) is 18.4 Å². The summed E-state index contributed by atoms with van der Waals surface area (Å²) in [4.78, 5) is 0. The van der Waals surface area contributed by atoms with Crippen LogP contribution in [0.3, 0.4) is 0 Å². The highest BCUT2D eigenvalue weighted by Crippen LogP contribution is 2.33. The van der Waals surface area contributed by atoms with E-state index in [4.69, 9.17) is 4.74 Å². The van der Waals surface area contributed by atoms with Crippen molar-refractivity contribution in [1.82, 2.24) is 5.32 Å². The lowest BCUT2D eigenvalue weighted by Gasteiger charge is -2.16. The minimum Gasteiger partial charge on any atom is -0.492 e. The third-order valence-electron chi connectivity index (χ3n) is 3.28. The number of halogens is 2. The Kier molecular flexibility index (Phi) is 8.03. The molecular weight excluding hydrogens is 370 g/mol. The molecule has 0 aliphatic carbocycles. The van der Waals surface area contributed by atoms with Crippen LogP contribution < -0.4 is 10.1 Å². The Balaban J connectivity index is 2.70. The van der Waals surface area contributed by atoms with Gasteiger partial charge in [0.05, 0.1) is 11.1 Å². The number of rotatable bonds is 8. The van der Waals surface area contributed by atoms with E-state index in [1.54, 1.807) is 0 Å². The predicted octanol–water partition coefficient (Wildman–Crippen LogP) is 5.14. The van der Waals surface area contributed by atoms with Gasteiger partial charge in [0.25, 0.3) is 0 Å². The van der Waals surface area contributed by atoms with Gasteiger partial charge in [-0.25, -0.2) is 0 Å². The lowest BCUT2D eigenvalue weighted by atomic mass is 10.0. The summed E-state index contributed by atoms with van der Waals surface area (Å²) in [6.45, 7) is 9.08. The third-order valence-corrected chi connectivity index (χ3v) is 4.32. The van der Waals surface area contributed by atoms with Gasteiger partial charge in [-0.05, 0) is 47.4 Å². The van der Waals surface area contributed by atoms with E-state index in [1.807, 2.05) is 13.0 Å². The largest absolute Gasteiger partial charge is 0.492 e. The van der Waals surface area contributed by atoms with Crippen LogP contribution in [0.4, 0.5) is 0 Å². The Morgan fingerprint density at radius 1 is 1.16 bits per heavy atom. The Hall–Kier alpha value is -0.0600. The average Bonchev–Trinajstić information content (AvgIpc) is 2.38. The minimum absolute atomic E-state index is 0.680. The molecule has 0 aliphatic heterocycles. The summed E-state index contributed by atoms with van der Waals surface area (Å²) in [6, 6.07) is 4.14. The van der Waals surface area contributed by atoms with Crippen molar-refractivity contribution in [3.63, 3.8) is 0 Å². The molecule has 0 aromatic heterocycles. The van der Waals surface area contributed by atoms with Gasteiger partial charge in [0, 0.05) is 16.6 Å². The second-order valence-electron chi connectivity index (χ2n) is 4.62. The predicted molar refractivity (Wildman–Crippen MR) is 88.8 cm³/mol. The smallest absolute Gasteiger partial charge is 0.138 e. The zero-order valence-electron chi connectivity index (χ0n) is 11.9. The van der Waals surface area contributed by atoms with Crippen molar-refractivity contribution in [3.8, 4) is 5.75 Å². The van der Waals surface area contributed by atoms with Crippen LogP contribution in [0, 0.1) is 5.92 Å². The summed E-state index contributed by atoms with van der Waals surface area (Å²) in [7, 11) is 0. The summed E-state index contributed by atoms with van der Waals surface area (Å²) >= 11 is 7.10. The van der Waals surface area contributed by atoms with Gasteiger partial charge in [0.15, 0.2) is 0 Å². The molecule has 0 amide bonds. The van der Waals surface area contributed by atoms with Gasteiger partial charge in [-0.1, -0.05) is 42.6 Å². The van der Waals surface area contributed by atoms with Crippen LogP contribution in [0.1, 0.15) is 39.2 Å². The molecule has 1 rings (SSSR count). The lowest BCUT2D eigenvalue weighted by Crippen LogP contribution is -2.22. The maximum absolute atomic E-state index is 5.73. The van der Waals surface area contributed by atoms with E-state index in [-0.39, 0.29) is 0 Å². The van der Waals surface area contributed by atoms with E-state index >= 15 is 0 Å². The highest BCUT2D eigenvalue weighted by atomic mass is 79.9. The van der Waals surface area contributed by atoms with Gasteiger partial charge < -0.3 is 10.1 Å². The second kappa shape index (κ2) is 8.98. The first kappa shape index (κ1) is 17.0. The maximum atomic E-state index is 5.73. The van der Waals surface area contributed by atoms with Crippen LogP contribution in [-0.2, 0) is 6.54 Å². The first-order valence-corrected chi connectivity index (χ1v) is 8.52. The molecular formula is C15H23Br2NO. The van der Waals surface area contributed by atoms with Gasteiger partial charge >= 0.3 is 0 Å². The fourth-order valence-corrected chi connectivity index (χ4v) is 3.47. The van der Waals surface area contributed by atoms with Crippen molar-refractivity contribution in [3.05, 3.63) is 26.6 Å². The molecule has 0 spiro atoms. The molecule has 19 heavy (non-hydrogen) atoms. The van der Waals surface area contributed by atoms with Crippen molar-refractivity contribution in [1.29, 1.82) is 0 Å². The Bertz CT molecular complexity index is 392. The Labute approximate surface area is 133 Å². The van der Waals surface area contributed by atoms with Gasteiger partial charge in [0.2, 0.25) is 0 Å². The second-order valence-corrected chi connectivity index (χ2v) is 6.39. The summed E-state index contributed by atoms with van der Waals surface area (Å²) in [6.07, 6.45) is 2.45. The monoisotopic (exact) mass is 391 g/mol. The molecule has 0 saturated carbocycles. The van der Waals surface area contributed by atoms with Crippen LogP contribution in [0.2, 0.25) is 0 Å². The maximum Gasteiger partial charge on any atom is 0.138 e. The van der Waals surface area contributed by atoms with Crippen LogP contribution in [0.25, 0.3) is 0 Å². The third kappa shape index (κ3) is 5.44. The standard InChI is InChI=1S/C15H23Br2NO/c1-4-11(5-2)9-18-10-12-7-13(16)8-14(17)15(12)19-6-3/h7-8,11,18H,4-6,9-10H2,1-3H3. The number of benzene rings is 1. The first-order valence-electron chi connectivity index (χ1n) is 6.93. The van der Waals surface area contributed by atoms with Crippen molar-refractivity contribution >= 4 is 31.9 Å². The molecule has 108 valence electrons. The fourth-order valence-electron chi connectivity index (χ4n) is 2.04. The van der Waals surface area contributed by atoms with Crippen LogP contribution >= 0.6 is 31.9 Å². The minimum atomic E-state index is 0.680. The molecule has 1 aromatic carbocycles. The molecule has 0 fully saturated rings. The van der Waals surface area contributed by atoms with Crippen molar-refractivity contribution in [2.45, 2.75) is 40.2 Å². The van der Waals surface area contributed by atoms with E-state index in [9.17, 15) is 0 Å². The zero-order valence-corrected chi connectivity index (χ0v) is 15.1. The fraction of sp³-hybridized carbons (Fsp3) is 0.600. The van der Waals surface area contributed by atoms with Crippen molar-refractivity contribution in [2.24, 2.45) is 5.92 Å². The number of hydrogen-bond donors (Lipinski definition) is 1. The number of hydrogen-bond acceptors (Lipinski definition) is 2. The molecule has 0 atom stereocenters. The molecule has 0 aliphatic rings. The molecule has 0 radical (unpaired) electrons. The quantitative estimate of drug-likeness (QED) is 0.661. The topological polar surface area (TPSA) is 21.3 Å². The molecule has 1 aromatic rings.